The topological polar surface area (TPSA) is 123 Å². The van der Waals surface area contributed by atoms with E-state index in [-0.39, 0.29) is 16.8 Å². The number of halogens is 1. The van der Waals surface area contributed by atoms with Crippen LogP contribution in [0.4, 0.5) is 15.9 Å². The van der Waals surface area contributed by atoms with Crippen LogP contribution >= 0.6 is 0 Å². The second-order valence-electron chi connectivity index (χ2n) is 14.1. The molecule has 0 unspecified atom stereocenters. The molecule has 51 heavy (non-hydrogen) atoms. The Kier molecular flexibility index (Phi) is 8.24. The van der Waals surface area contributed by atoms with Crippen molar-refractivity contribution >= 4 is 33.2 Å². The van der Waals surface area contributed by atoms with E-state index in [1.165, 1.54) is 16.9 Å². The molecule has 0 bridgehead atoms. The molecule has 1 aliphatic heterocycles. The van der Waals surface area contributed by atoms with E-state index in [9.17, 15) is 9.90 Å². The molecule has 7 aromatic rings. The first kappa shape index (κ1) is 32.5. The minimum absolute atomic E-state index is 0.0486. The Labute approximate surface area is 293 Å². The van der Waals surface area contributed by atoms with Gasteiger partial charge in [-0.25, -0.2) is 4.39 Å². The van der Waals surface area contributed by atoms with Crippen LogP contribution in [0.15, 0.2) is 96.2 Å². The zero-order valence-electron chi connectivity index (χ0n) is 28.7. The van der Waals surface area contributed by atoms with E-state index < -0.39 is 18.0 Å². The number of hydrogen-bond acceptors (Lipinski definition) is 7. The highest BCUT2D eigenvalue weighted by atomic mass is 19.1. The number of anilines is 2. The SMILES string of the molecule is CC(C)(C)c1cc(F)c2c(=O)n(-c3cccc(-c4cc(-c5cnn(C6CCOCC6)c5)c5[nH]nc(Nc6ccccc6)c5c4)c3CO)ncc2c1. The van der Waals surface area contributed by atoms with E-state index in [2.05, 4.69) is 26.8 Å². The Balaban J connectivity index is 1.29. The molecule has 1 fully saturated rings. The third-order valence-electron chi connectivity index (χ3n) is 9.74. The van der Waals surface area contributed by atoms with Crippen molar-refractivity contribution in [3.63, 3.8) is 0 Å². The summed E-state index contributed by atoms with van der Waals surface area (Å²) in [5.74, 6) is 0.0328. The van der Waals surface area contributed by atoms with Crippen molar-refractivity contribution < 1.29 is 14.2 Å². The lowest BCUT2D eigenvalue weighted by Gasteiger charge is -2.22. The predicted octanol–water partition coefficient (Wildman–Crippen LogP) is 7.82. The fraction of sp³-hybridized carbons (Fsp3) is 0.250. The predicted molar refractivity (Wildman–Crippen MR) is 197 cm³/mol. The largest absolute Gasteiger partial charge is 0.392 e. The van der Waals surface area contributed by atoms with Crippen LogP contribution in [0.25, 0.3) is 49.6 Å². The summed E-state index contributed by atoms with van der Waals surface area (Å²) < 4.78 is 24.3. The van der Waals surface area contributed by atoms with Crippen LogP contribution in [0.1, 0.15) is 50.8 Å². The Morgan fingerprint density at radius 3 is 2.53 bits per heavy atom. The van der Waals surface area contributed by atoms with Crippen LogP contribution < -0.4 is 10.9 Å². The second kappa shape index (κ2) is 12.9. The molecule has 8 rings (SSSR count). The van der Waals surface area contributed by atoms with Gasteiger partial charge in [0.1, 0.15) is 5.82 Å². The number of nitrogens with zero attached hydrogens (tertiary/aromatic N) is 5. The minimum atomic E-state index is -0.602. The molecule has 4 heterocycles. The van der Waals surface area contributed by atoms with Crippen molar-refractivity contribution in [2.24, 2.45) is 0 Å². The van der Waals surface area contributed by atoms with Crippen molar-refractivity contribution in [3.8, 4) is 27.9 Å². The van der Waals surface area contributed by atoms with Gasteiger partial charge in [0.25, 0.3) is 5.56 Å². The van der Waals surface area contributed by atoms with Crippen LogP contribution in [0.2, 0.25) is 0 Å². The highest BCUT2D eigenvalue weighted by Gasteiger charge is 2.23. The number of aliphatic hydroxyl groups is 1. The molecule has 1 aliphatic rings. The number of aromatic nitrogens is 6. The Morgan fingerprint density at radius 2 is 1.76 bits per heavy atom. The van der Waals surface area contributed by atoms with E-state index in [0.717, 1.165) is 51.7 Å². The van der Waals surface area contributed by atoms with Crippen molar-refractivity contribution in [2.75, 3.05) is 18.5 Å². The maximum Gasteiger partial charge on any atom is 0.282 e. The molecule has 0 saturated carbocycles. The van der Waals surface area contributed by atoms with Crippen LogP contribution in [0, 0.1) is 5.82 Å². The molecule has 0 radical (unpaired) electrons. The van der Waals surface area contributed by atoms with Gasteiger partial charge in [-0.1, -0.05) is 51.1 Å². The lowest BCUT2D eigenvalue weighted by atomic mass is 9.86. The molecule has 0 spiro atoms. The monoisotopic (exact) mass is 683 g/mol. The van der Waals surface area contributed by atoms with Gasteiger partial charge in [-0.3, -0.25) is 14.6 Å². The molecular formula is C40H38FN7O3. The molecule has 0 atom stereocenters. The lowest BCUT2D eigenvalue weighted by molar-refractivity contribution is 0.0662. The molecule has 0 amide bonds. The fourth-order valence-electron chi connectivity index (χ4n) is 6.93. The fourth-order valence-corrected chi connectivity index (χ4v) is 6.93. The summed E-state index contributed by atoms with van der Waals surface area (Å²) in [4.78, 5) is 13.9. The summed E-state index contributed by atoms with van der Waals surface area (Å²) in [6.07, 6.45) is 7.21. The number of hydrogen-bond donors (Lipinski definition) is 3. The van der Waals surface area contributed by atoms with Crippen LogP contribution in [0.3, 0.4) is 0 Å². The molecule has 0 aliphatic carbocycles. The van der Waals surface area contributed by atoms with Gasteiger partial charge in [0.05, 0.1) is 41.6 Å². The van der Waals surface area contributed by atoms with Gasteiger partial charge < -0.3 is 15.2 Å². The summed E-state index contributed by atoms with van der Waals surface area (Å²) in [5.41, 5.74) is 5.67. The van der Waals surface area contributed by atoms with Crippen molar-refractivity contribution in [3.05, 3.63) is 119 Å². The minimum Gasteiger partial charge on any atom is -0.392 e. The lowest BCUT2D eigenvalue weighted by Crippen LogP contribution is -2.24. The molecule has 10 nitrogen and oxygen atoms in total. The number of H-pyrrole nitrogens is 1. The average Bonchev–Trinajstić information content (AvgIpc) is 3.79. The van der Waals surface area contributed by atoms with Gasteiger partial charge in [-0.05, 0) is 77.4 Å². The summed E-state index contributed by atoms with van der Waals surface area (Å²) in [5, 5.41) is 32.7. The Morgan fingerprint density at radius 1 is 0.961 bits per heavy atom. The summed E-state index contributed by atoms with van der Waals surface area (Å²) in [6, 6.07) is 22.8. The number of ether oxygens (including phenoxy) is 1. The first-order valence-corrected chi connectivity index (χ1v) is 17.1. The zero-order valence-corrected chi connectivity index (χ0v) is 28.7. The van der Waals surface area contributed by atoms with E-state index in [1.807, 2.05) is 92.3 Å². The van der Waals surface area contributed by atoms with Gasteiger partial charge >= 0.3 is 0 Å². The van der Waals surface area contributed by atoms with Gasteiger partial charge in [0.2, 0.25) is 0 Å². The third-order valence-corrected chi connectivity index (χ3v) is 9.74. The first-order valence-electron chi connectivity index (χ1n) is 17.1. The highest BCUT2D eigenvalue weighted by Crippen LogP contribution is 2.39. The molecule has 3 N–H and O–H groups in total. The van der Waals surface area contributed by atoms with Crippen LogP contribution in [-0.4, -0.2) is 48.1 Å². The van der Waals surface area contributed by atoms with Crippen molar-refractivity contribution in [1.82, 2.24) is 29.8 Å². The molecule has 3 aromatic heterocycles. The Hall–Kier alpha value is -5.65. The van der Waals surface area contributed by atoms with Gasteiger partial charge in [-0.2, -0.15) is 20.0 Å². The number of aromatic amines is 1. The van der Waals surface area contributed by atoms with Gasteiger partial charge in [0, 0.05) is 52.6 Å². The van der Waals surface area contributed by atoms with E-state index in [0.29, 0.717) is 41.2 Å². The molecular weight excluding hydrogens is 645 g/mol. The summed E-state index contributed by atoms with van der Waals surface area (Å²) in [7, 11) is 0. The number of para-hydroxylation sites is 1. The molecule has 11 heteroatoms. The number of benzene rings is 4. The number of rotatable bonds is 7. The first-order chi connectivity index (χ1) is 24.7. The highest BCUT2D eigenvalue weighted by molar-refractivity contribution is 6.03. The van der Waals surface area contributed by atoms with Crippen molar-refractivity contribution in [1.29, 1.82) is 0 Å². The van der Waals surface area contributed by atoms with Gasteiger partial charge in [-0.15, -0.1) is 0 Å². The van der Waals surface area contributed by atoms with Crippen LogP contribution in [0.5, 0.6) is 0 Å². The summed E-state index contributed by atoms with van der Waals surface area (Å²) in [6.45, 7) is 6.99. The standard InChI is InChI=1S/C40H38FN7O3/c1-40(2,3)27-16-25-20-43-48(39(50)36(25)34(41)19-27)35-11-7-10-30(33(35)23-49)24-17-31(26-21-42-47(22-26)29-12-14-51-15-13-29)37-32(18-24)38(46-45-37)44-28-8-5-4-6-9-28/h4-11,16-22,29,49H,12-15,23H2,1-3H3,(H2,44,45,46). The van der Waals surface area contributed by atoms with Gasteiger partial charge in [0.15, 0.2) is 5.82 Å². The molecule has 4 aromatic carbocycles. The van der Waals surface area contributed by atoms with E-state index in [1.54, 1.807) is 6.07 Å². The molecule has 1 saturated heterocycles. The quantitative estimate of drug-likeness (QED) is 0.157. The van der Waals surface area contributed by atoms with E-state index in [4.69, 9.17) is 9.84 Å². The number of nitrogens with one attached hydrogen (secondary N) is 2. The van der Waals surface area contributed by atoms with Crippen LogP contribution in [-0.2, 0) is 16.8 Å². The smallest absolute Gasteiger partial charge is 0.282 e. The average molecular weight is 684 g/mol. The van der Waals surface area contributed by atoms with E-state index >= 15 is 4.39 Å². The maximum absolute atomic E-state index is 15.6. The second-order valence-corrected chi connectivity index (χ2v) is 14.1. The summed E-state index contributed by atoms with van der Waals surface area (Å²) >= 11 is 0. The van der Waals surface area contributed by atoms with Crippen molar-refractivity contribution in [2.45, 2.75) is 51.7 Å². The maximum atomic E-state index is 15.6. The zero-order chi connectivity index (χ0) is 35.3. The Bertz CT molecular complexity index is 2460. The molecule has 258 valence electrons. The number of fused-ring (bicyclic) bond motifs is 2. The number of aliphatic hydroxyl groups excluding tert-OH is 1. The normalized spacial score (nSPS) is 14.1. The third kappa shape index (κ3) is 5.98.